The van der Waals surface area contributed by atoms with Crippen molar-refractivity contribution in [2.75, 3.05) is 42.9 Å². The molecule has 0 saturated carbocycles. The van der Waals surface area contributed by atoms with E-state index in [4.69, 9.17) is 0 Å². The first-order valence-corrected chi connectivity index (χ1v) is 9.08. The van der Waals surface area contributed by atoms with E-state index in [0.29, 0.717) is 11.6 Å². The lowest BCUT2D eigenvalue weighted by atomic mass is 10.2. The van der Waals surface area contributed by atoms with E-state index < -0.39 is 17.6 Å². The van der Waals surface area contributed by atoms with Crippen molar-refractivity contribution < 1.29 is 18.0 Å². The molecule has 1 aromatic heterocycles. The van der Waals surface area contributed by atoms with Gasteiger partial charge >= 0.3 is 6.18 Å². The number of nitrogens with one attached hydrogen (secondary N) is 1. The maximum atomic E-state index is 12.9. The third-order valence-corrected chi connectivity index (χ3v) is 4.65. The van der Waals surface area contributed by atoms with E-state index in [2.05, 4.69) is 32.0 Å². The molecule has 0 bridgehead atoms. The van der Waals surface area contributed by atoms with Gasteiger partial charge < -0.3 is 15.1 Å². The predicted molar refractivity (Wildman–Crippen MR) is 100 cm³/mol. The summed E-state index contributed by atoms with van der Waals surface area (Å²) in [4.78, 5) is 25.5. The third-order valence-electron chi connectivity index (χ3n) is 4.65. The van der Waals surface area contributed by atoms with Crippen LogP contribution >= 0.6 is 0 Å². The quantitative estimate of drug-likeness (QED) is 0.865. The fourth-order valence-electron chi connectivity index (χ4n) is 3.09. The number of carbonyl (C=O) groups excluding carboxylic acids is 1. The van der Waals surface area contributed by atoms with Gasteiger partial charge in [-0.05, 0) is 31.7 Å². The van der Waals surface area contributed by atoms with Crippen molar-refractivity contribution in [3.8, 4) is 0 Å². The van der Waals surface area contributed by atoms with Crippen LogP contribution in [0.2, 0.25) is 0 Å². The van der Waals surface area contributed by atoms with Gasteiger partial charge in [-0.15, -0.1) is 0 Å². The molecule has 1 N–H and O–H groups in total. The highest BCUT2D eigenvalue weighted by Crippen LogP contribution is 2.30. The highest BCUT2D eigenvalue weighted by molar-refractivity contribution is 6.03. The smallest absolute Gasteiger partial charge is 0.354 e. The predicted octanol–water partition coefficient (Wildman–Crippen LogP) is 3.20. The number of aromatic nitrogens is 2. The highest BCUT2D eigenvalue weighted by atomic mass is 19.4. The number of likely N-dealkylation sites (N-methyl/N-ethyl adjacent to an activating group) is 1. The van der Waals surface area contributed by atoms with Crippen LogP contribution in [-0.4, -0.2) is 53.5 Å². The van der Waals surface area contributed by atoms with Gasteiger partial charge in [-0.1, -0.05) is 13.0 Å². The lowest BCUT2D eigenvalue weighted by Gasteiger charge is -2.34. The molecule has 1 aliphatic rings. The molecule has 9 heteroatoms. The highest BCUT2D eigenvalue weighted by Gasteiger charge is 2.30. The van der Waals surface area contributed by atoms with Crippen LogP contribution in [0.5, 0.6) is 0 Å². The standard InChI is InChI=1S/C19H22F3N5O/c1-3-26-7-9-27(10-8-26)17-12-16(23-13(2)24-17)18(28)25-15-6-4-5-14(11-15)19(20,21)22/h4-6,11-12H,3,7-10H2,1-2H3,(H,25,28). The number of hydrogen-bond donors (Lipinski definition) is 1. The van der Waals surface area contributed by atoms with Crippen LogP contribution < -0.4 is 10.2 Å². The van der Waals surface area contributed by atoms with Crippen LogP contribution in [0, 0.1) is 6.92 Å². The average molecular weight is 393 g/mol. The second-order valence-corrected chi connectivity index (χ2v) is 6.61. The minimum atomic E-state index is -4.47. The Bertz CT molecular complexity index is 848. The van der Waals surface area contributed by atoms with Crippen LogP contribution in [0.1, 0.15) is 28.8 Å². The fourth-order valence-corrected chi connectivity index (χ4v) is 3.09. The van der Waals surface area contributed by atoms with Gasteiger partial charge in [-0.2, -0.15) is 13.2 Å². The molecule has 0 atom stereocenters. The Morgan fingerprint density at radius 2 is 1.86 bits per heavy atom. The Balaban J connectivity index is 1.76. The number of aryl methyl sites for hydroxylation is 1. The summed E-state index contributed by atoms with van der Waals surface area (Å²) in [7, 11) is 0. The number of hydrogen-bond acceptors (Lipinski definition) is 5. The number of amides is 1. The summed E-state index contributed by atoms with van der Waals surface area (Å²) in [5.74, 6) is 0.514. The number of rotatable bonds is 4. The molecule has 0 aliphatic carbocycles. The molecule has 1 saturated heterocycles. The van der Waals surface area contributed by atoms with Crippen LogP contribution in [0.15, 0.2) is 30.3 Å². The number of nitrogens with zero attached hydrogens (tertiary/aromatic N) is 4. The van der Waals surface area contributed by atoms with Gasteiger partial charge in [-0.25, -0.2) is 9.97 Å². The van der Waals surface area contributed by atoms with Gasteiger partial charge in [-0.3, -0.25) is 4.79 Å². The fraction of sp³-hybridized carbons (Fsp3) is 0.421. The molecule has 0 radical (unpaired) electrons. The molecule has 1 fully saturated rings. The normalized spacial score (nSPS) is 15.5. The Kier molecular flexibility index (Phi) is 5.83. The van der Waals surface area contributed by atoms with Crippen LogP contribution in [-0.2, 0) is 6.18 Å². The second-order valence-electron chi connectivity index (χ2n) is 6.61. The Morgan fingerprint density at radius 1 is 1.14 bits per heavy atom. The molecule has 1 aromatic carbocycles. The summed E-state index contributed by atoms with van der Waals surface area (Å²) in [5.41, 5.74) is -0.634. The molecular weight excluding hydrogens is 371 g/mol. The second kappa shape index (κ2) is 8.14. The Hall–Kier alpha value is -2.68. The summed E-state index contributed by atoms with van der Waals surface area (Å²) in [6.07, 6.45) is -4.47. The monoisotopic (exact) mass is 393 g/mol. The first kappa shape index (κ1) is 20.1. The SMILES string of the molecule is CCN1CCN(c2cc(C(=O)Nc3cccc(C(F)(F)F)c3)nc(C)n2)CC1. The van der Waals surface area contributed by atoms with E-state index in [1.54, 1.807) is 13.0 Å². The first-order chi connectivity index (χ1) is 13.3. The van der Waals surface area contributed by atoms with Crippen molar-refractivity contribution >= 4 is 17.4 Å². The summed E-state index contributed by atoms with van der Waals surface area (Å²) < 4.78 is 38.6. The lowest BCUT2D eigenvalue weighted by molar-refractivity contribution is -0.137. The molecule has 28 heavy (non-hydrogen) atoms. The van der Waals surface area contributed by atoms with Crippen LogP contribution in [0.3, 0.4) is 0 Å². The van der Waals surface area contributed by atoms with Crippen LogP contribution in [0.25, 0.3) is 0 Å². The Morgan fingerprint density at radius 3 is 2.50 bits per heavy atom. The number of carbonyl (C=O) groups is 1. The molecule has 2 heterocycles. The van der Waals surface area contributed by atoms with Gasteiger partial charge in [0.1, 0.15) is 17.3 Å². The van der Waals surface area contributed by atoms with Crippen molar-refractivity contribution in [3.63, 3.8) is 0 Å². The number of halogens is 3. The van der Waals surface area contributed by atoms with Crippen LogP contribution in [0.4, 0.5) is 24.7 Å². The topological polar surface area (TPSA) is 61.4 Å². The van der Waals surface area contributed by atoms with Gasteiger partial charge in [0.2, 0.25) is 0 Å². The molecule has 0 spiro atoms. The number of benzene rings is 1. The van der Waals surface area contributed by atoms with Crippen molar-refractivity contribution in [1.29, 1.82) is 0 Å². The van der Waals surface area contributed by atoms with Gasteiger partial charge in [0.25, 0.3) is 5.91 Å². The van der Waals surface area contributed by atoms with Crippen molar-refractivity contribution in [1.82, 2.24) is 14.9 Å². The van der Waals surface area contributed by atoms with Crippen molar-refractivity contribution in [3.05, 3.63) is 47.4 Å². The zero-order chi connectivity index (χ0) is 20.3. The van der Waals surface area contributed by atoms with Gasteiger partial charge in [0.15, 0.2) is 0 Å². The van der Waals surface area contributed by atoms with E-state index in [1.807, 2.05) is 0 Å². The van der Waals surface area contributed by atoms with E-state index in [-0.39, 0.29) is 11.4 Å². The minimum absolute atomic E-state index is 0.0641. The summed E-state index contributed by atoms with van der Waals surface area (Å²) in [6, 6.07) is 6.10. The maximum absolute atomic E-state index is 12.9. The number of alkyl halides is 3. The Labute approximate surface area is 161 Å². The maximum Gasteiger partial charge on any atom is 0.416 e. The zero-order valence-corrected chi connectivity index (χ0v) is 15.8. The lowest BCUT2D eigenvalue weighted by Crippen LogP contribution is -2.46. The summed E-state index contributed by atoms with van der Waals surface area (Å²) in [5, 5.41) is 2.49. The molecule has 3 rings (SSSR count). The molecule has 1 aliphatic heterocycles. The van der Waals surface area contributed by atoms with Crippen molar-refractivity contribution in [2.24, 2.45) is 0 Å². The molecule has 0 unspecified atom stereocenters. The average Bonchev–Trinajstić information content (AvgIpc) is 2.67. The van der Waals surface area contributed by atoms with E-state index in [9.17, 15) is 18.0 Å². The van der Waals surface area contributed by atoms with Gasteiger partial charge in [0, 0.05) is 37.9 Å². The third kappa shape index (κ3) is 4.78. The largest absolute Gasteiger partial charge is 0.416 e. The summed E-state index contributed by atoms with van der Waals surface area (Å²) >= 11 is 0. The molecule has 6 nitrogen and oxygen atoms in total. The number of piperazine rings is 1. The van der Waals surface area contributed by atoms with E-state index in [1.165, 1.54) is 12.1 Å². The van der Waals surface area contributed by atoms with Crippen molar-refractivity contribution in [2.45, 2.75) is 20.0 Å². The van der Waals surface area contributed by atoms with Gasteiger partial charge in [0.05, 0.1) is 5.56 Å². The molecular formula is C19H22F3N5O. The zero-order valence-electron chi connectivity index (χ0n) is 15.8. The van der Waals surface area contributed by atoms with E-state index in [0.717, 1.165) is 44.9 Å². The first-order valence-electron chi connectivity index (χ1n) is 9.08. The minimum Gasteiger partial charge on any atom is -0.354 e. The summed E-state index contributed by atoms with van der Waals surface area (Å²) in [6.45, 7) is 8.18. The molecule has 150 valence electrons. The molecule has 2 aromatic rings. The number of anilines is 2. The molecule has 1 amide bonds. The van der Waals surface area contributed by atoms with E-state index >= 15 is 0 Å².